The lowest BCUT2D eigenvalue weighted by Gasteiger charge is -2.44. The summed E-state index contributed by atoms with van der Waals surface area (Å²) in [4.78, 5) is 11.2. The number of methoxy groups -OCH3 is 2. The summed E-state index contributed by atoms with van der Waals surface area (Å²) in [5, 5.41) is 0. The first-order valence-corrected chi connectivity index (χ1v) is 11.7. The van der Waals surface area contributed by atoms with Crippen LogP contribution in [0.15, 0.2) is 12.2 Å². The fourth-order valence-corrected chi connectivity index (χ4v) is 5.87. The van der Waals surface area contributed by atoms with Gasteiger partial charge in [0, 0.05) is 13.5 Å². The summed E-state index contributed by atoms with van der Waals surface area (Å²) in [5.74, 6) is 3.22. The van der Waals surface area contributed by atoms with Gasteiger partial charge in [-0.2, -0.15) is 0 Å². The lowest BCUT2D eigenvalue weighted by molar-refractivity contribution is -0.140. The summed E-state index contributed by atoms with van der Waals surface area (Å²) in [6.45, 7) is 7.32. The molecule has 0 aromatic carbocycles. The second kappa shape index (κ2) is 11.4. The Morgan fingerprint density at radius 3 is 2.43 bits per heavy atom. The van der Waals surface area contributed by atoms with Crippen molar-refractivity contribution in [3.05, 3.63) is 12.2 Å². The number of allylic oxidation sites excluding steroid dienone is 2. The van der Waals surface area contributed by atoms with Crippen molar-refractivity contribution in [1.29, 1.82) is 0 Å². The van der Waals surface area contributed by atoms with Crippen LogP contribution in [0.1, 0.15) is 91.4 Å². The van der Waals surface area contributed by atoms with E-state index in [1.165, 1.54) is 58.5 Å². The first kappa shape index (κ1) is 23.4. The minimum Gasteiger partial charge on any atom is -0.469 e. The maximum Gasteiger partial charge on any atom is 0.305 e. The van der Waals surface area contributed by atoms with Crippen LogP contribution in [0.4, 0.5) is 0 Å². The van der Waals surface area contributed by atoms with Gasteiger partial charge in [-0.05, 0) is 80.5 Å². The summed E-state index contributed by atoms with van der Waals surface area (Å²) in [6, 6.07) is 0. The molecule has 0 aliphatic heterocycles. The molecule has 2 aliphatic rings. The van der Waals surface area contributed by atoms with Gasteiger partial charge in [0.05, 0.1) is 13.2 Å². The van der Waals surface area contributed by atoms with Crippen molar-refractivity contribution >= 4 is 5.97 Å². The molecule has 0 bridgehead atoms. The maximum atomic E-state index is 11.2. The SMILES string of the molecule is COC(=O)CCC/C=C\C[C@H]1C(C)C[C@@H](C)[C@@H]1CCCC(OC)C1(C)CCC1. The molecule has 0 radical (unpaired) electrons. The van der Waals surface area contributed by atoms with Crippen molar-refractivity contribution in [2.24, 2.45) is 29.1 Å². The number of rotatable bonds is 12. The third-order valence-electron chi connectivity index (χ3n) is 7.87. The molecular weight excluding hydrogens is 348 g/mol. The second-order valence-electron chi connectivity index (χ2n) is 9.86. The molecule has 0 aromatic heterocycles. The molecule has 2 fully saturated rings. The smallest absolute Gasteiger partial charge is 0.305 e. The second-order valence-corrected chi connectivity index (χ2v) is 9.86. The van der Waals surface area contributed by atoms with Gasteiger partial charge in [-0.3, -0.25) is 4.79 Å². The topological polar surface area (TPSA) is 35.5 Å². The average Bonchev–Trinajstić information content (AvgIpc) is 2.92. The molecule has 2 saturated carbocycles. The molecule has 28 heavy (non-hydrogen) atoms. The van der Waals surface area contributed by atoms with Crippen LogP contribution in [0.2, 0.25) is 0 Å². The van der Waals surface area contributed by atoms with E-state index in [-0.39, 0.29) is 5.97 Å². The van der Waals surface area contributed by atoms with E-state index in [2.05, 4.69) is 32.9 Å². The first-order valence-electron chi connectivity index (χ1n) is 11.7. The number of esters is 1. The van der Waals surface area contributed by atoms with Crippen LogP contribution in [-0.4, -0.2) is 26.3 Å². The third kappa shape index (κ3) is 6.34. The van der Waals surface area contributed by atoms with E-state index in [4.69, 9.17) is 9.47 Å². The maximum absolute atomic E-state index is 11.2. The van der Waals surface area contributed by atoms with Crippen LogP contribution in [0.25, 0.3) is 0 Å². The lowest BCUT2D eigenvalue weighted by Crippen LogP contribution is -2.39. The number of hydrogen-bond donors (Lipinski definition) is 0. The highest BCUT2D eigenvalue weighted by Crippen LogP contribution is 2.48. The molecule has 0 saturated heterocycles. The Morgan fingerprint density at radius 1 is 1.11 bits per heavy atom. The molecule has 5 atom stereocenters. The number of carbonyl (C=O) groups excluding carboxylic acids is 1. The Balaban J connectivity index is 1.75. The van der Waals surface area contributed by atoms with Crippen molar-refractivity contribution in [1.82, 2.24) is 0 Å². The Labute approximate surface area is 173 Å². The first-order chi connectivity index (χ1) is 13.4. The zero-order valence-electron chi connectivity index (χ0n) is 19.0. The van der Waals surface area contributed by atoms with Crippen molar-refractivity contribution in [2.75, 3.05) is 14.2 Å². The Morgan fingerprint density at radius 2 is 1.82 bits per heavy atom. The molecule has 0 aromatic rings. The van der Waals surface area contributed by atoms with Crippen molar-refractivity contribution in [3.8, 4) is 0 Å². The monoisotopic (exact) mass is 392 g/mol. The summed E-state index contributed by atoms with van der Waals surface area (Å²) >= 11 is 0. The highest BCUT2D eigenvalue weighted by molar-refractivity contribution is 5.69. The predicted octanol–water partition coefficient (Wildman–Crippen LogP) is 6.56. The Bertz CT molecular complexity index is 494. The average molecular weight is 393 g/mol. The zero-order valence-corrected chi connectivity index (χ0v) is 19.0. The molecule has 0 amide bonds. The number of hydrogen-bond acceptors (Lipinski definition) is 3. The van der Waals surface area contributed by atoms with Crippen LogP contribution in [0, 0.1) is 29.1 Å². The van der Waals surface area contributed by atoms with Crippen LogP contribution in [-0.2, 0) is 14.3 Å². The quantitative estimate of drug-likeness (QED) is 0.214. The molecule has 0 heterocycles. The van der Waals surface area contributed by atoms with Crippen LogP contribution < -0.4 is 0 Å². The highest BCUT2D eigenvalue weighted by Gasteiger charge is 2.41. The fraction of sp³-hybridized carbons (Fsp3) is 0.880. The normalized spacial score (nSPS) is 30.3. The number of carbonyl (C=O) groups is 1. The number of unbranched alkanes of at least 4 members (excludes halogenated alkanes) is 1. The van der Waals surface area contributed by atoms with E-state index >= 15 is 0 Å². The summed E-state index contributed by atoms with van der Waals surface area (Å²) in [7, 11) is 3.37. The van der Waals surface area contributed by atoms with Crippen molar-refractivity contribution in [3.63, 3.8) is 0 Å². The van der Waals surface area contributed by atoms with Crippen LogP contribution in [0.3, 0.4) is 0 Å². The molecule has 162 valence electrons. The molecule has 0 spiro atoms. The molecule has 2 rings (SSSR count). The summed E-state index contributed by atoms with van der Waals surface area (Å²) < 4.78 is 10.6. The van der Waals surface area contributed by atoms with Gasteiger partial charge in [-0.1, -0.05) is 45.8 Å². The van der Waals surface area contributed by atoms with E-state index in [1.807, 2.05) is 7.11 Å². The predicted molar refractivity (Wildman–Crippen MR) is 116 cm³/mol. The van der Waals surface area contributed by atoms with E-state index in [0.717, 1.165) is 36.5 Å². The van der Waals surface area contributed by atoms with Crippen LogP contribution >= 0.6 is 0 Å². The molecular formula is C25H44O3. The number of ether oxygens (including phenoxy) is 2. The molecule has 2 aliphatic carbocycles. The minimum atomic E-state index is -0.100. The van der Waals surface area contributed by atoms with E-state index in [1.54, 1.807) is 0 Å². The minimum absolute atomic E-state index is 0.100. The zero-order chi connectivity index (χ0) is 20.6. The Kier molecular flexibility index (Phi) is 9.53. The standard InChI is InChI=1S/C25H44O3/c1-19-18-20(2)22(13-10-14-23(27-4)25(3)16-11-17-25)21(19)12-8-6-7-9-15-24(26)28-5/h6,8,19-23H,7,9-18H2,1-5H3/b8-6-/t19?,20-,21+,22+,23?/m1/s1. The molecule has 3 nitrogen and oxygen atoms in total. The van der Waals surface area contributed by atoms with Crippen molar-refractivity contribution < 1.29 is 14.3 Å². The Hall–Kier alpha value is -0.830. The van der Waals surface area contributed by atoms with Gasteiger partial charge in [0.25, 0.3) is 0 Å². The van der Waals surface area contributed by atoms with Crippen molar-refractivity contribution in [2.45, 2.75) is 97.5 Å². The van der Waals surface area contributed by atoms with Gasteiger partial charge in [-0.15, -0.1) is 0 Å². The van der Waals surface area contributed by atoms with Gasteiger partial charge in [0.2, 0.25) is 0 Å². The van der Waals surface area contributed by atoms with E-state index in [0.29, 0.717) is 17.9 Å². The largest absolute Gasteiger partial charge is 0.469 e. The summed E-state index contributed by atoms with van der Waals surface area (Å²) in [5.41, 5.74) is 0.440. The van der Waals surface area contributed by atoms with E-state index in [9.17, 15) is 4.79 Å². The highest BCUT2D eigenvalue weighted by atomic mass is 16.5. The van der Waals surface area contributed by atoms with Gasteiger partial charge in [0.15, 0.2) is 0 Å². The molecule has 0 N–H and O–H groups in total. The van der Waals surface area contributed by atoms with Gasteiger partial charge >= 0.3 is 5.97 Å². The van der Waals surface area contributed by atoms with Gasteiger partial charge in [-0.25, -0.2) is 0 Å². The molecule has 2 unspecified atom stereocenters. The van der Waals surface area contributed by atoms with E-state index < -0.39 is 0 Å². The lowest BCUT2D eigenvalue weighted by atomic mass is 9.65. The fourth-order valence-electron chi connectivity index (χ4n) is 5.87. The third-order valence-corrected chi connectivity index (χ3v) is 7.87. The molecule has 3 heteroatoms. The summed E-state index contributed by atoms with van der Waals surface area (Å²) in [6.07, 6.45) is 18.0. The van der Waals surface area contributed by atoms with Gasteiger partial charge < -0.3 is 9.47 Å². The van der Waals surface area contributed by atoms with Gasteiger partial charge in [0.1, 0.15) is 0 Å². The van der Waals surface area contributed by atoms with Crippen LogP contribution in [0.5, 0.6) is 0 Å².